The van der Waals surface area contributed by atoms with E-state index in [1.165, 1.54) is 0 Å². The van der Waals surface area contributed by atoms with Crippen molar-refractivity contribution in [2.45, 2.75) is 12.3 Å². The molecule has 136 valence electrons. The van der Waals surface area contributed by atoms with Gasteiger partial charge < -0.3 is 29.0 Å². The van der Waals surface area contributed by atoms with Crippen molar-refractivity contribution >= 4 is 11.6 Å². The van der Waals surface area contributed by atoms with Crippen molar-refractivity contribution in [3.05, 3.63) is 35.4 Å². The van der Waals surface area contributed by atoms with Crippen LogP contribution in [0.25, 0.3) is 0 Å². The molecule has 1 atom stereocenters. The minimum atomic E-state index is -0.206. The molecule has 1 amide bonds. The van der Waals surface area contributed by atoms with E-state index in [0.29, 0.717) is 40.9 Å². The number of hydrogen-bond donors (Lipinski definition) is 1. The first kappa shape index (κ1) is 16.4. The second-order valence-corrected chi connectivity index (χ2v) is 6.02. The summed E-state index contributed by atoms with van der Waals surface area (Å²) in [6.07, 6.45) is 0.290. The summed E-state index contributed by atoms with van der Waals surface area (Å²) in [5.74, 6) is 2.64. The maximum Gasteiger partial charge on any atom is 0.231 e. The van der Waals surface area contributed by atoms with E-state index in [4.69, 9.17) is 23.7 Å². The summed E-state index contributed by atoms with van der Waals surface area (Å²) in [4.78, 5) is 12.3. The van der Waals surface area contributed by atoms with Gasteiger partial charge in [-0.15, -0.1) is 0 Å². The van der Waals surface area contributed by atoms with Gasteiger partial charge in [0, 0.05) is 29.7 Å². The van der Waals surface area contributed by atoms with Crippen LogP contribution in [-0.4, -0.2) is 34.0 Å². The van der Waals surface area contributed by atoms with Crippen molar-refractivity contribution in [2.24, 2.45) is 0 Å². The molecule has 0 fully saturated rings. The number of ether oxygens (including phenoxy) is 5. The highest BCUT2D eigenvalue weighted by molar-refractivity contribution is 5.96. The van der Waals surface area contributed by atoms with Crippen molar-refractivity contribution in [3.63, 3.8) is 0 Å². The number of methoxy groups -OCH3 is 3. The summed E-state index contributed by atoms with van der Waals surface area (Å²) in [5.41, 5.74) is 2.51. The number of fused-ring (bicyclic) bond motifs is 2. The van der Waals surface area contributed by atoms with E-state index < -0.39 is 0 Å². The molecule has 0 radical (unpaired) electrons. The van der Waals surface area contributed by atoms with Gasteiger partial charge in [0.15, 0.2) is 23.0 Å². The third kappa shape index (κ3) is 2.47. The van der Waals surface area contributed by atoms with Crippen LogP contribution in [-0.2, 0) is 4.79 Å². The van der Waals surface area contributed by atoms with Crippen LogP contribution in [0.1, 0.15) is 23.5 Å². The molecule has 0 spiro atoms. The van der Waals surface area contributed by atoms with Crippen LogP contribution in [0.2, 0.25) is 0 Å². The molecule has 2 aromatic rings. The molecule has 0 aromatic heterocycles. The average molecular weight is 357 g/mol. The first-order chi connectivity index (χ1) is 12.7. The molecule has 0 saturated heterocycles. The molecular weight excluding hydrogens is 338 g/mol. The summed E-state index contributed by atoms with van der Waals surface area (Å²) >= 11 is 0. The molecule has 1 N–H and O–H groups in total. The van der Waals surface area contributed by atoms with Crippen molar-refractivity contribution in [1.82, 2.24) is 0 Å². The first-order valence-electron chi connectivity index (χ1n) is 8.18. The highest BCUT2D eigenvalue weighted by atomic mass is 16.7. The molecule has 4 rings (SSSR count). The fourth-order valence-corrected chi connectivity index (χ4v) is 3.53. The van der Waals surface area contributed by atoms with Crippen LogP contribution in [0.5, 0.6) is 28.7 Å². The van der Waals surface area contributed by atoms with Crippen LogP contribution in [0, 0.1) is 0 Å². The van der Waals surface area contributed by atoms with E-state index in [1.54, 1.807) is 27.4 Å². The van der Waals surface area contributed by atoms with Gasteiger partial charge in [-0.2, -0.15) is 0 Å². The quantitative estimate of drug-likeness (QED) is 0.907. The van der Waals surface area contributed by atoms with Crippen LogP contribution in [0.4, 0.5) is 5.69 Å². The molecule has 7 heteroatoms. The second-order valence-electron chi connectivity index (χ2n) is 6.02. The average Bonchev–Trinajstić information content (AvgIpc) is 3.11. The van der Waals surface area contributed by atoms with Crippen molar-refractivity contribution in [2.75, 3.05) is 33.4 Å². The first-order valence-corrected chi connectivity index (χ1v) is 8.18. The molecule has 1 unspecified atom stereocenters. The Balaban J connectivity index is 1.88. The van der Waals surface area contributed by atoms with Crippen molar-refractivity contribution in [1.29, 1.82) is 0 Å². The number of amides is 1. The number of benzene rings is 2. The monoisotopic (exact) mass is 357 g/mol. The summed E-state index contributed by atoms with van der Waals surface area (Å²) in [5, 5.41) is 2.91. The Morgan fingerprint density at radius 2 is 1.69 bits per heavy atom. The number of rotatable bonds is 4. The standard InChI is InChI=1S/C19H19NO6/c1-22-14-5-4-10(18(23-2)19(14)24-3)11-7-17(21)20-13-8-16-15(6-12(11)13)25-9-26-16/h4-6,8,11H,7,9H2,1-3H3,(H,20,21). The predicted molar refractivity (Wildman–Crippen MR) is 93.8 cm³/mol. The predicted octanol–water partition coefficient (Wildman–Crippen LogP) is 2.92. The molecule has 2 heterocycles. The molecule has 2 aromatic carbocycles. The lowest BCUT2D eigenvalue weighted by Gasteiger charge is -2.28. The van der Waals surface area contributed by atoms with Gasteiger partial charge in [0.25, 0.3) is 0 Å². The van der Waals surface area contributed by atoms with Crippen LogP contribution < -0.4 is 29.0 Å². The Labute approximate surface area is 150 Å². The molecule has 7 nitrogen and oxygen atoms in total. The Morgan fingerprint density at radius 1 is 0.962 bits per heavy atom. The van der Waals surface area contributed by atoms with Crippen LogP contribution in [0.3, 0.4) is 0 Å². The summed E-state index contributed by atoms with van der Waals surface area (Å²) < 4.78 is 27.4. The van der Waals surface area contributed by atoms with Gasteiger partial charge in [0.05, 0.1) is 21.3 Å². The maximum atomic E-state index is 12.3. The summed E-state index contributed by atoms with van der Waals surface area (Å²) in [6, 6.07) is 7.43. The zero-order valence-corrected chi connectivity index (χ0v) is 14.8. The van der Waals surface area contributed by atoms with E-state index in [0.717, 1.165) is 11.1 Å². The van der Waals surface area contributed by atoms with Crippen molar-refractivity contribution in [3.8, 4) is 28.7 Å². The third-order valence-corrected chi connectivity index (χ3v) is 4.69. The lowest BCUT2D eigenvalue weighted by Crippen LogP contribution is -2.23. The smallest absolute Gasteiger partial charge is 0.231 e. The Kier molecular flexibility index (Phi) is 3.99. The molecule has 0 saturated carbocycles. The van der Waals surface area contributed by atoms with Gasteiger partial charge in [-0.05, 0) is 17.7 Å². The highest BCUT2D eigenvalue weighted by Gasteiger charge is 2.33. The van der Waals surface area contributed by atoms with Gasteiger partial charge in [0.2, 0.25) is 18.4 Å². The lowest BCUT2D eigenvalue weighted by molar-refractivity contribution is -0.116. The summed E-state index contributed by atoms with van der Waals surface area (Å²) in [6.45, 7) is 0.177. The van der Waals surface area contributed by atoms with Crippen LogP contribution in [0.15, 0.2) is 24.3 Å². The van der Waals surface area contributed by atoms with Gasteiger partial charge in [-0.25, -0.2) is 0 Å². The molecule has 0 bridgehead atoms. The summed E-state index contributed by atoms with van der Waals surface area (Å²) in [7, 11) is 4.70. The fourth-order valence-electron chi connectivity index (χ4n) is 3.53. The minimum Gasteiger partial charge on any atom is -0.493 e. The van der Waals surface area contributed by atoms with Gasteiger partial charge in [0.1, 0.15) is 0 Å². The molecule has 2 aliphatic rings. The maximum absolute atomic E-state index is 12.3. The van der Waals surface area contributed by atoms with E-state index in [2.05, 4.69) is 5.32 Å². The van der Waals surface area contributed by atoms with E-state index in [-0.39, 0.29) is 18.6 Å². The number of carbonyl (C=O) groups excluding carboxylic acids is 1. The SMILES string of the molecule is COc1ccc(C2CC(=O)Nc3cc4c(cc32)OCO4)c(OC)c1OC. The Morgan fingerprint density at radius 3 is 2.38 bits per heavy atom. The number of hydrogen-bond acceptors (Lipinski definition) is 6. The lowest BCUT2D eigenvalue weighted by atomic mass is 9.83. The zero-order valence-electron chi connectivity index (χ0n) is 14.8. The molecular formula is C19H19NO6. The third-order valence-electron chi connectivity index (χ3n) is 4.69. The largest absolute Gasteiger partial charge is 0.493 e. The van der Waals surface area contributed by atoms with Crippen molar-refractivity contribution < 1.29 is 28.5 Å². The van der Waals surface area contributed by atoms with E-state index >= 15 is 0 Å². The molecule has 26 heavy (non-hydrogen) atoms. The van der Waals surface area contributed by atoms with Gasteiger partial charge in [-0.3, -0.25) is 4.79 Å². The normalized spacial score (nSPS) is 17.3. The molecule has 0 aliphatic carbocycles. The van der Waals surface area contributed by atoms with Gasteiger partial charge in [-0.1, -0.05) is 6.07 Å². The van der Waals surface area contributed by atoms with E-state index in [1.807, 2.05) is 18.2 Å². The van der Waals surface area contributed by atoms with Crippen LogP contribution >= 0.6 is 0 Å². The second kappa shape index (κ2) is 6.33. The minimum absolute atomic E-state index is 0.0711. The highest BCUT2D eigenvalue weighted by Crippen LogP contribution is 2.49. The fraction of sp³-hybridized carbons (Fsp3) is 0.316. The van der Waals surface area contributed by atoms with Gasteiger partial charge >= 0.3 is 0 Å². The number of nitrogens with one attached hydrogen (secondary N) is 1. The Bertz CT molecular complexity index is 879. The topological polar surface area (TPSA) is 75.3 Å². The molecule has 2 aliphatic heterocycles. The number of anilines is 1. The van der Waals surface area contributed by atoms with E-state index in [9.17, 15) is 4.79 Å². The number of carbonyl (C=O) groups is 1. The Hall–Kier alpha value is -3.09. The zero-order chi connectivity index (χ0) is 18.3.